The molecular formula is C24H39N9O9S2. The summed E-state index contributed by atoms with van der Waals surface area (Å²) in [5, 5.41) is 32.2. The van der Waals surface area contributed by atoms with Crippen molar-refractivity contribution in [2.24, 2.45) is 11.7 Å². The van der Waals surface area contributed by atoms with Crippen LogP contribution in [0.2, 0.25) is 0 Å². The smallest absolute Gasteiger partial charge is 0.405 e. The number of H-pyrrole nitrogens is 1. The van der Waals surface area contributed by atoms with Gasteiger partial charge >= 0.3 is 6.09 Å². The predicted octanol–water partition coefficient (Wildman–Crippen LogP) is -3.97. The average Bonchev–Trinajstić information content (AvgIpc) is 3.47. The molecule has 1 aromatic heterocycles. The third kappa shape index (κ3) is 12.3. The molecule has 1 rings (SSSR count). The van der Waals surface area contributed by atoms with E-state index in [0.29, 0.717) is 5.69 Å². The number of thiol groups is 2. The lowest BCUT2D eigenvalue weighted by Gasteiger charge is -2.27. The van der Waals surface area contributed by atoms with E-state index in [1.807, 2.05) is 5.32 Å². The standard InChI is InChI=1S/C24H39N9O9S2/c1-10(2)17(23(40)31-15(7-43)21(38)30-14(6-34)18(25)35)33-19(36)11(3)28-20(37)13(4-12-5-26-9-27-12)29-22(39)16(8-44)32-24(41)42/h5,9-11,13-17,32,34,43-44H,4,6-8H2,1-3H3,(H2,25,35)(H,26,27)(H,28,37)(H,29,39)(H,30,38)(H,31,40)(H,33,36)(H,41,42)/t11-,13-,14-,15-,16-,17-/m0/s1. The molecule has 0 aliphatic carbocycles. The fraction of sp³-hybridized carbons (Fsp3) is 0.583. The highest BCUT2D eigenvalue weighted by Crippen LogP contribution is 2.06. The molecule has 246 valence electrons. The van der Waals surface area contributed by atoms with Gasteiger partial charge < -0.3 is 52.8 Å². The molecular weight excluding hydrogens is 622 g/mol. The first kappa shape index (κ1) is 38.0. The summed E-state index contributed by atoms with van der Waals surface area (Å²) in [5.41, 5.74) is 5.56. The molecule has 1 aromatic rings. The number of aliphatic hydroxyl groups excluding tert-OH is 1. The summed E-state index contributed by atoms with van der Waals surface area (Å²) in [7, 11) is 0. The number of aliphatic hydroxyl groups is 1. The second-order valence-electron chi connectivity index (χ2n) is 9.88. The Morgan fingerprint density at radius 3 is 1.77 bits per heavy atom. The number of imidazole rings is 1. The van der Waals surface area contributed by atoms with Gasteiger partial charge in [0.25, 0.3) is 0 Å². The number of carbonyl (C=O) groups excluding carboxylic acids is 6. The molecule has 0 radical (unpaired) electrons. The Hall–Kier alpha value is -4.04. The van der Waals surface area contributed by atoms with Crippen molar-refractivity contribution >= 4 is 66.8 Å². The molecule has 7 amide bonds. The summed E-state index contributed by atoms with van der Waals surface area (Å²) < 4.78 is 0. The second-order valence-corrected chi connectivity index (χ2v) is 10.6. The van der Waals surface area contributed by atoms with Gasteiger partial charge in [-0.15, -0.1) is 0 Å². The zero-order valence-electron chi connectivity index (χ0n) is 24.2. The largest absolute Gasteiger partial charge is 0.465 e. The summed E-state index contributed by atoms with van der Waals surface area (Å²) in [6, 6.07) is -7.57. The molecule has 11 N–H and O–H groups in total. The van der Waals surface area contributed by atoms with E-state index in [1.54, 1.807) is 13.8 Å². The van der Waals surface area contributed by atoms with E-state index in [0.717, 1.165) is 0 Å². The monoisotopic (exact) mass is 661 g/mol. The first-order valence-electron chi connectivity index (χ1n) is 13.2. The zero-order chi connectivity index (χ0) is 33.6. The fourth-order valence-electron chi connectivity index (χ4n) is 3.57. The second kappa shape index (κ2) is 18.6. The minimum absolute atomic E-state index is 0.0879. The van der Waals surface area contributed by atoms with Gasteiger partial charge in [0.15, 0.2) is 0 Å². The molecule has 6 atom stereocenters. The van der Waals surface area contributed by atoms with Gasteiger partial charge in [0.05, 0.1) is 12.9 Å². The number of hydrogen-bond acceptors (Lipinski definition) is 11. The molecule has 20 heteroatoms. The van der Waals surface area contributed by atoms with Crippen molar-refractivity contribution in [3.8, 4) is 0 Å². The number of aromatic nitrogens is 2. The highest BCUT2D eigenvalue weighted by Gasteiger charge is 2.32. The number of nitrogens with one attached hydrogen (secondary N) is 7. The number of hydrogen-bond donors (Lipinski definition) is 12. The van der Waals surface area contributed by atoms with Crippen LogP contribution in [0.4, 0.5) is 4.79 Å². The van der Waals surface area contributed by atoms with Gasteiger partial charge in [-0.2, -0.15) is 25.3 Å². The number of carbonyl (C=O) groups is 7. The molecule has 0 aliphatic heterocycles. The molecule has 0 saturated heterocycles. The molecule has 0 bridgehead atoms. The van der Waals surface area contributed by atoms with Crippen LogP contribution >= 0.6 is 25.3 Å². The van der Waals surface area contributed by atoms with Gasteiger partial charge in [0, 0.05) is 29.8 Å². The third-order valence-corrected chi connectivity index (χ3v) is 6.80. The Kier molecular flexibility index (Phi) is 16.0. The lowest BCUT2D eigenvalue weighted by molar-refractivity contribution is -0.135. The topological polar surface area (TPSA) is 287 Å². The maximum Gasteiger partial charge on any atom is 0.405 e. The number of nitrogens with zero attached hydrogens (tertiary/aromatic N) is 1. The van der Waals surface area contributed by atoms with Crippen LogP contribution in [0.1, 0.15) is 26.5 Å². The SMILES string of the molecule is CC(C)[C@H](NC(=O)[C@H](C)NC(=O)[C@H](Cc1cnc[nH]1)NC(=O)[C@H](CS)NC(=O)O)C(=O)N[C@@H](CS)C(=O)N[C@@H](CO)C(N)=O. The Morgan fingerprint density at radius 2 is 1.32 bits per heavy atom. The van der Waals surface area contributed by atoms with E-state index < -0.39 is 90.3 Å². The Labute approximate surface area is 263 Å². The summed E-state index contributed by atoms with van der Waals surface area (Å²) >= 11 is 8.00. The Morgan fingerprint density at radius 1 is 0.795 bits per heavy atom. The lowest BCUT2D eigenvalue weighted by atomic mass is 10.0. The van der Waals surface area contributed by atoms with Gasteiger partial charge in [-0.3, -0.25) is 28.8 Å². The zero-order valence-corrected chi connectivity index (χ0v) is 26.0. The van der Waals surface area contributed by atoms with Crippen LogP contribution in [0.5, 0.6) is 0 Å². The summed E-state index contributed by atoms with van der Waals surface area (Å²) in [5.74, 6) is -5.89. The molecule has 0 unspecified atom stereocenters. The van der Waals surface area contributed by atoms with Gasteiger partial charge in [0.1, 0.15) is 36.3 Å². The maximum absolute atomic E-state index is 13.1. The third-order valence-electron chi connectivity index (χ3n) is 6.07. The van der Waals surface area contributed by atoms with E-state index in [-0.39, 0.29) is 17.9 Å². The summed E-state index contributed by atoms with van der Waals surface area (Å²) in [6.07, 6.45) is 1.21. The minimum atomic E-state index is -1.47. The van der Waals surface area contributed by atoms with Crippen LogP contribution in [0.15, 0.2) is 12.5 Å². The van der Waals surface area contributed by atoms with Crippen LogP contribution < -0.4 is 37.6 Å². The summed E-state index contributed by atoms with van der Waals surface area (Å²) in [4.78, 5) is 93.3. The Balaban J connectivity index is 2.97. The van der Waals surface area contributed by atoms with Gasteiger partial charge in [0.2, 0.25) is 35.4 Å². The van der Waals surface area contributed by atoms with E-state index >= 15 is 0 Å². The lowest BCUT2D eigenvalue weighted by Crippen LogP contribution is -2.60. The van der Waals surface area contributed by atoms with Crippen molar-refractivity contribution in [1.29, 1.82) is 0 Å². The van der Waals surface area contributed by atoms with Crippen LogP contribution in [-0.2, 0) is 35.2 Å². The van der Waals surface area contributed by atoms with Crippen LogP contribution in [0, 0.1) is 5.92 Å². The number of aromatic amines is 1. The van der Waals surface area contributed by atoms with Gasteiger partial charge in [-0.25, -0.2) is 9.78 Å². The Bertz CT molecular complexity index is 1170. The molecule has 1 heterocycles. The van der Waals surface area contributed by atoms with Crippen LogP contribution in [0.25, 0.3) is 0 Å². The summed E-state index contributed by atoms with van der Waals surface area (Å²) in [6.45, 7) is 3.82. The van der Waals surface area contributed by atoms with Crippen molar-refractivity contribution in [2.45, 2.75) is 63.4 Å². The molecule has 44 heavy (non-hydrogen) atoms. The average molecular weight is 662 g/mol. The van der Waals surface area contributed by atoms with Crippen LogP contribution in [0.3, 0.4) is 0 Å². The van der Waals surface area contributed by atoms with Crippen molar-refractivity contribution in [3.63, 3.8) is 0 Å². The predicted molar refractivity (Wildman–Crippen MR) is 161 cm³/mol. The van der Waals surface area contributed by atoms with E-state index in [4.69, 9.17) is 10.8 Å². The van der Waals surface area contributed by atoms with Crippen molar-refractivity contribution in [2.75, 3.05) is 18.1 Å². The van der Waals surface area contributed by atoms with Crippen LogP contribution in [-0.4, -0.2) is 116 Å². The number of amides is 7. The van der Waals surface area contributed by atoms with Crippen molar-refractivity contribution < 1.29 is 43.8 Å². The molecule has 0 spiro atoms. The minimum Gasteiger partial charge on any atom is -0.465 e. The highest BCUT2D eigenvalue weighted by atomic mass is 32.1. The maximum atomic E-state index is 13.1. The van der Waals surface area contributed by atoms with Gasteiger partial charge in [-0.1, -0.05) is 13.8 Å². The van der Waals surface area contributed by atoms with Crippen molar-refractivity contribution in [3.05, 3.63) is 18.2 Å². The first-order valence-corrected chi connectivity index (χ1v) is 14.5. The molecule has 0 aromatic carbocycles. The molecule has 0 saturated carbocycles. The number of primary amides is 1. The fourth-order valence-corrected chi connectivity index (χ4v) is 4.08. The number of carboxylic acid groups (broad SMARTS) is 1. The van der Waals surface area contributed by atoms with Crippen molar-refractivity contribution in [1.82, 2.24) is 41.9 Å². The number of rotatable bonds is 18. The normalized spacial score (nSPS) is 15.0. The van der Waals surface area contributed by atoms with E-state index in [1.165, 1.54) is 19.4 Å². The molecule has 18 nitrogen and oxygen atoms in total. The molecule has 0 aliphatic rings. The number of nitrogens with two attached hydrogens (primary N) is 1. The molecule has 0 fully saturated rings. The van der Waals surface area contributed by atoms with E-state index in [9.17, 15) is 38.7 Å². The van der Waals surface area contributed by atoms with Gasteiger partial charge in [-0.05, 0) is 12.8 Å². The highest BCUT2D eigenvalue weighted by molar-refractivity contribution is 7.80. The quantitative estimate of drug-likeness (QED) is 0.0678. The van der Waals surface area contributed by atoms with E-state index in [2.05, 4.69) is 61.8 Å². The first-order chi connectivity index (χ1) is 20.6.